The molecular weight excluding hydrogens is 384 g/mol. The van der Waals surface area contributed by atoms with Crippen LogP contribution in [-0.2, 0) is 14.3 Å². The molecule has 3 aromatic rings. The van der Waals surface area contributed by atoms with Crippen LogP contribution in [0.1, 0.15) is 5.56 Å². The molecule has 3 rings (SSSR count). The zero-order valence-electron chi connectivity index (χ0n) is 14.4. The third-order valence-corrected chi connectivity index (χ3v) is 4.90. The van der Waals surface area contributed by atoms with E-state index in [1.165, 1.54) is 28.7 Å². The number of hydrogen-bond acceptors (Lipinski definition) is 7. The maximum absolute atomic E-state index is 11.9. The first-order valence-corrected chi connectivity index (χ1v) is 9.73. The molecule has 8 heteroatoms. The van der Waals surface area contributed by atoms with Gasteiger partial charge < -0.3 is 9.47 Å². The van der Waals surface area contributed by atoms with Crippen molar-refractivity contribution in [3.05, 3.63) is 58.1 Å². The molecule has 0 atom stereocenters. The zero-order chi connectivity index (χ0) is 19.1. The van der Waals surface area contributed by atoms with Crippen molar-refractivity contribution in [3.8, 4) is 17.0 Å². The smallest absolute Gasteiger partial charge is 0.331 e. The Bertz CT molecular complexity index is 931. The van der Waals surface area contributed by atoms with Crippen molar-refractivity contribution in [1.82, 2.24) is 4.98 Å². The molecule has 2 heterocycles. The molecule has 0 aliphatic heterocycles. The zero-order valence-corrected chi connectivity index (χ0v) is 16.0. The lowest BCUT2D eigenvalue weighted by Crippen LogP contribution is -2.20. The molecule has 138 valence electrons. The second kappa shape index (κ2) is 9.11. The highest BCUT2D eigenvalue weighted by Gasteiger charge is 2.10. The lowest BCUT2D eigenvalue weighted by atomic mass is 10.2. The van der Waals surface area contributed by atoms with Crippen LogP contribution in [0.5, 0.6) is 5.75 Å². The lowest BCUT2D eigenvalue weighted by Gasteiger charge is -2.02. The third kappa shape index (κ3) is 5.50. The monoisotopic (exact) mass is 400 g/mol. The van der Waals surface area contributed by atoms with E-state index < -0.39 is 11.9 Å². The third-order valence-electron chi connectivity index (χ3n) is 3.44. The molecule has 1 N–H and O–H groups in total. The quantitative estimate of drug-likeness (QED) is 0.478. The molecule has 0 unspecified atom stereocenters. The lowest BCUT2D eigenvalue weighted by molar-refractivity contribution is -0.142. The normalized spacial score (nSPS) is 10.7. The second-order valence-electron chi connectivity index (χ2n) is 5.31. The number of amides is 1. The number of carbonyl (C=O) groups excluding carboxylic acids is 2. The molecular formula is C19H16N2O4S2. The van der Waals surface area contributed by atoms with Crippen LogP contribution in [0.15, 0.2) is 52.5 Å². The van der Waals surface area contributed by atoms with Crippen molar-refractivity contribution in [1.29, 1.82) is 0 Å². The first-order chi connectivity index (χ1) is 13.1. The standard InChI is InChI=1S/C19H16N2O4S2/c1-24-15-5-3-14(4-6-15)16-12-27-19(20-16)21-17(22)10-25-18(23)7-2-13-8-9-26-11-13/h2-9,11-12H,10H2,1H3,(H,20,21,22)/b7-2+. The number of thiazole rings is 1. The number of hydrogen-bond donors (Lipinski definition) is 1. The van der Waals surface area contributed by atoms with E-state index in [9.17, 15) is 9.59 Å². The SMILES string of the molecule is COc1ccc(-c2csc(NC(=O)COC(=O)/C=C/c3ccsc3)n2)cc1. The fraction of sp³-hybridized carbons (Fsp3) is 0.105. The topological polar surface area (TPSA) is 77.5 Å². The Balaban J connectivity index is 1.49. The highest BCUT2D eigenvalue weighted by Crippen LogP contribution is 2.26. The number of carbonyl (C=O) groups is 2. The summed E-state index contributed by atoms with van der Waals surface area (Å²) in [5.41, 5.74) is 2.57. The molecule has 0 aliphatic rings. The fourth-order valence-electron chi connectivity index (χ4n) is 2.10. The van der Waals surface area contributed by atoms with Gasteiger partial charge in [-0.15, -0.1) is 11.3 Å². The van der Waals surface area contributed by atoms with Gasteiger partial charge in [0.15, 0.2) is 11.7 Å². The summed E-state index contributed by atoms with van der Waals surface area (Å²) in [4.78, 5) is 27.9. The van der Waals surface area contributed by atoms with Crippen LogP contribution in [0.2, 0.25) is 0 Å². The van der Waals surface area contributed by atoms with Crippen molar-refractivity contribution >= 4 is 45.8 Å². The Kier molecular flexibility index (Phi) is 6.35. The van der Waals surface area contributed by atoms with Gasteiger partial charge in [-0.05, 0) is 52.7 Å². The van der Waals surface area contributed by atoms with Gasteiger partial charge in [0.2, 0.25) is 0 Å². The Morgan fingerprint density at radius 2 is 2.00 bits per heavy atom. The van der Waals surface area contributed by atoms with Crippen molar-refractivity contribution in [2.75, 3.05) is 19.0 Å². The van der Waals surface area contributed by atoms with Gasteiger partial charge in [-0.2, -0.15) is 11.3 Å². The molecule has 0 saturated carbocycles. The molecule has 0 fully saturated rings. The number of nitrogens with zero attached hydrogens (tertiary/aromatic N) is 1. The molecule has 0 bridgehead atoms. The van der Waals surface area contributed by atoms with Gasteiger partial charge >= 0.3 is 5.97 Å². The van der Waals surface area contributed by atoms with Crippen molar-refractivity contribution < 1.29 is 19.1 Å². The van der Waals surface area contributed by atoms with E-state index in [0.717, 1.165) is 22.6 Å². The second-order valence-corrected chi connectivity index (χ2v) is 6.95. The Morgan fingerprint density at radius 1 is 1.19 bits per heavy atom. The van der Waals surface area contributed by atoms with Crippen LogP contribution < -0.4 is 10.1 Å². The molecule has 0 spiro atoms. The average molecular weight is 400 g/mol. The van der Waals surface area contributed by atoms with Gasteiger partial charge in [-0.25, -0.2) is 9.78 Å². The van der Waals surface area contributed by atoms with E-state index >= 15 is 0 Å². The number of thiophene rings is 1. The van der Waals surface area contributed by atoms with Gasteiger partial charge in [0.05, 0.1) is 12.8 Å². The molecule has 2 aromatic heterocycles. The maximum Gasteiger partial charge on any atom is 0.331 e. The van der Waals surface area contributed by atoms with Crippen LogP contribution in [0.3, 0.4) is 0 Å². The van der Waals surface area contributed by atoms with Crippen molar-refractivity contribution in [2.45, 2.75) is 0 Å². The highest BCUT2D eigenvalue weighted by atomic mass is 32.1. The van der Waals surface area contributed by atoms with Crippen LogP contribution in [-0.4, -0.2) is 30.6 Å². The highest BCUT2D eigenvalue weighted by molar-refractivity contribution is 7.14. The molecule has 0 aliphatic carbocycles. The van der Waals surface area contributed by atoms with E-state index in [1.54, 1.807) is 13.2 Å². The number of ether oxygens (including phenoxy) is 2. The Hall–Kier alpha value is -2.97. The summed E-state index contributed by atoms with van der Waals surface area (Å²) in [5, 5.41) is 8.72. The average Bonchev–Trinajstić information content (AvgIpc) is 3.37. The van der Waals surface area contributed by atoms with Gasteiger partial charge in [-0.3, -0.25) is 10.1 Å². The first kappa shape index (κ1) is 18.8. The van der Waals surface area contributed by atoms with Gasteiger partial charge in [-0.1, -0.05) is 0 Å². The number of rotatable bonds is 7. The molecule has 1 amide bonds. The minimum Gasteiger partial charge on any atom is -0.497 e. The summed E-state index contributed by atoms with van der Waals surface area (Å²) in [6.07, 6.45) is 2.93. The molecule has 27 heavy (non-hydrogen) atoms. The number of aromatic nitrogens is 1. The summed E-state index contributed by atoms with van der Waals surface area (Å²) in [6, 6.07) is 9.35. The largest absolute Gasteiger partial charge is 0.497 e. The Morgan fingerprint density at radius 3 is 2.70 bits per heavy atom. The van der Waals surface area contributed by atoms with E-state index in [0.29, 0.717) is 5.13 Å². The number of benzene rings is 1. The van der Waals surface area contributed by atoms with Crippen LogP contribution >= 0.6 is 22.7 Å². The van der Waals surface area contributed by atoms with E-state index in [4.69, 9.17) is 9.47 Å². The minimum absolute atomic E-state index is 0.371. The maximum atomic E-state index is 11.9. The van der Waals surface area contributed by atoms with E-state index in [1.807, 2.05) is 46.5 Å². The summed E-state index contributed by atoms with van der Waals surface area (Å²) < 4.78 is 10.0. The van der Waals surface area contributed by atoms with Gasteiger partial charge in [0, 0.05) is 17.0 Å². The summed E-state index contributed by atoms with van der Waals surface area (Å²) in [5.74, 6) is -0.255. The van der Waals surface area contributed by atoms with Gasteiger partial charge in [0.1, 0.15) is 5.75 Å². The first-order valence-electron chi connectivity index (χ1n) is 7.91. The molecule has 1 aromatic carbocycles. The van der Waals surface area contributed by atoms with Crippen LogP contribution in [0.4, 0.5) is 5.13 Å². The van der Waals surface area contributed by atoms with Gasteiger partial charge in [0.25, 0.3) is 5.91 Å². The van der Waals surface area contributed by atoms with Crippen LogP contribution in [0.25, 0.3) is 17.3 Å². The predicted molar refractivity (Wildman–Crippen MR) is 107 cm³/mol. The van der Waals surface area contributed by atoms with Crippen LogP contribution in [0, 0.1) is 0 Å². The van der Waals surface area contributed by atoms with E-state index in [2.05, 4.69) is 10.3 Å². The van der Waals surface area contributed by atoms with Crippen molar-refractivity contribution in [2.24, 2.45) is 0 Å². The summed E-state index contributed by atoms with van der Waals surface area (Å²) >= 11 is 2.83. The number of esters is 1. The number of methoxy groups -OCH3 is 1. The summed E-state index contributed by atoms with van der Waals surface area (Å²) in [7, 11) is 1.61. The Labute approximate surface area is 164 Å². The predicted octanol–water partition coefficient (Wildman–Crippen LogP) is 4.08. The summed E-state index contributed by atoms with van der Waals surface area (Å²) in [6.45, 7) is -0.371. The molecule has 0 saturated heterocycles. The van der Waals surface area contributed by atoms with Crippen molar-refractivity contribution in [3.63, 3.8) is 0 Å². The molecule has 0 radical (unpaired) electrons. The number of nitrogens with one attached hydrogen (secondary N) is 1. The number of anilines is 1. The minimum atomic E-state index is -0.575. The van der Waals surface area contributed by atoms with E-state index in [-0.39, 0.29) is 6.61 Å². The molecule has 6 nitrogen and oxygen atoms in total. The fourth-order valence-corrected chi connectivity index (χ4v) is 3.46.